The number of nitrogens with zero attached hydrogens (tertiary/aromatic N) is 1. The van der Waals surface area contributed by atoms with Gasteiger partial charge in [0.05, 0.1) is 0 Å². The van der Waals surface area contributed by atoms with E-state index in [4.69, 9.17) is 0 Å². The Morgan fingerprint density at radius 2 is 2.04 bits per heavy atom. The number of pyridine rings is 1. The molecule has 0 atom stereocenters. The fraction of sp³-hybridized carbons (Fsp3) is 0.286. The molecule has 0 unspecified atom stereocenters. The number of aromatic nitrogens is 1. The van der Waals surface area contributed by atoms with Crippen molar-refractivity contribution < 1.29 is 9.50 Å². The lowest BCUT2D eigenvalue weighted by molar-refractivity contribution is 0.432. The van der Waals surface area contributed by atoms with E-state index in [9.17, 15) is 9.50 Å². The van der Waals surface area contributed by atoms with Gasteiger partial charge in [0.1, 0.15) is 5.69 Å². The van der Waals surface area contributed by atoms with E-state index in [1.54, 1.807) is 12.3 Å². The first-order chi connectivity index (χ1) is 11.7. The molecule has 124 valence electrons. The number of aromatic hydroxyl groups is 1. The van der Waals surface area contributed by atoms with E-state index >= 15 is 0 Å². The smallest absolute Gasteiger partial charge is 0.166 e. The quantitative estimate of drug-likeness (QED) is 0.577. The topological polar surface area (TPSA) is 33.1 Å². The molecule has 24 heavy (non-hydrogen) atoms. The van der Waals surface area contributed by atoms with Gasteiger partial charge in [0.25, 0.3) is 0 Å². The monoisotopic (exact) mass is 323 g/mol. The molecule has 0 saturated carbocycles. The van der Waals surface area contributed by atoms with Crippen molar-refractivity contribution in [2.45, 2.75) is 39.0 Å². The fourth-order valence-corrected chi connectivity index (χ4v) is 2.27. The summed E-state index contributed by atoms with van der Waals surface area (Å²) in [4.78, 5) is 4.29. The van der Waals surface area contributed by atoms with Crippen molar-refractivity contribution >= 4 is 6.08 Å². The molecular formula is C21H22FNO. The molecule has 0 amide bonds. The van der Waals surface area contributed by atoms with Crippen LogP contribution in [0.25, 0.3) is 6.08 Å². The van der Waals surface area contributed by atoms with Crippen LogP contribution in [0.3, 0.4) is 0 Å². The Morgan fingerprint density at radius 1 is 1.17 bits per heavy atom. The van der Waals surface area contributed by atoms with Crippen molar-refractivity contribution in [2.75, 3.05) is 0 Å². The summed E-state index contributed by atoms with van der Waals surface area (Å²) in [6.07, 6.45) is 11.9. The molecule has 2 rings (SSSR count). The van der Waals surface area contributed by atoms with Gasteiger partial charge in [-0.05, 0) is 43.0 Å². The number of rotatable bonds is 6. The molecule has 0 radical (unpaired) electrons. The summed E-state index contributed by atoms with van der Waals surface area (Å²) in [6.45, 7) is 2.20. The maximum atomic E-state index is 13.3. The second-order valence-electron chi connectivity index (χ2n) is 5.61. The zero-order valence-electron chi connectivity index (χ0n) is 13.9. The largest absolute Gasteiger partial charge is 0.505 e. The number of phenols is 1. The Hall–Kier alpha value is -2.60. The van der Waals surface area contributed by atoms with Crippen LogP contribution in [-0.4, -0.2) is 10.1 Å². The molecule has 0 saturated heterocycles. The Labute approximate surface area is 143 Å². The molecule has 3 heteroatoms. The summed E-state index contributed by atoms with van der Waals surface area (Å²) in [5.41, 5.74) is 2.13. The van der Waals surface area contributed by atoms with Gasteiger partial charge in [-0.3, -0.25) is 0 Å². The standard InChI is InChI=1S/C21H22FNO/c1-2-3-4-5-6-7-9-18-10-8-15-23-20(18)13-11-17-12-14-21(24)19(22)16-17/h7-10,12,14-16,24H,2-6H2,1H3/b9-7+. The van der Waals surface area contributed by atoms with Crippen molar-refractivity contribution in [1.82, 2.24) is 4.98 Å². The maximum absolute atomic E-state index is 13.3. The normalized spacial score (nSPS) is 10.6. The highest BCUT2D eigenvalue weighted by Crippen LogP contribution is 2.16. The third-order valence-corrected chi connectivity index (χ3v) is 3.63. The predicted molar refractivity (Wildman–Crippen MR) is 96.1 cm³/mol. The van der Waals surface area contributed by atoms with Gasteiger partial charge in [0.15, 0.2) is 11.6 Å². The lowest BCUT2D eigenvalue weighted by atomic mass is 10.1. The second-order valence-corrected chi connectivity index (χ2v) is 5.61. The Kier molecular flexibility index (Phi) is 7.04. The molecule has 0 fully saturated rings. The first-order valence-corrected chi connectivity index (χ1v) is 8.33. The fourth-order valence-electron chi connectivity index (χ4n) is 2.27. The Balaban J connectivity index is 2.07. The van der Waals surface area contributed by atoms with Crippen LogP contribution in [0.1, 0.15) is 55.8 Å². The van der Waals surface area contributed by atoms with E-state index in [2.05, 4.69) is 29.8 Å². The van der Waals surface area contributed by atoms with Crippen LogP contribution in [0, 0.1) is 17.7 Å². The zero-order chi connectivity index (χ0) is 17.2. The van der Waals surface area contributed by atoms with Crippen molar-refractivity contribution in [2.24, 2.45) is 0 Å². The summed E-state index contributed by atoms with van der Waals surface area (Å²) in [7, 11) is 0. The van der Waals surface area contributed by atoms with Gasteiger partial charge in [-0.2, -0.15) is 0 Å². The van der Waals surface area contributed by atoms with E-state index in [1.165, 1.54) is 37.8 Å². The number of benzene rings is 1. The molecule has 0 aliphatic carbocycles. The highest BCUT2D eigenvalue weighted by atomic mass is 19.1. The van der Waals surface area contributed by atoms with Crippen LogP contribution in [0.15, 0.2) is 42.6 Å². The average Bonchev–Trinajstić information content (AvgIpc) is 2.60. The van der Waals surface area contributed by atoms with Gasteiger partial charge in [0, 0.05) is 17.3 Å². The Bertz CT molecular complexity index is 756. The average molecular weight is 323 g/mol. The summed E-state index contributed by atoms with van der Waals surface area (Å²) in [6, 6.07) is 7.94. The molecule has 0 bridgehead atoms. The summed E-state index contributed by atoms with van der Waals surface area (Å²) in [5.74, 6) is 4.83. The van der Waals surface area contributed by atoms with Crippen molar-refractivity contribution in [3.05, 3.63) is 65.2 Å². The zero-order valence-corrected chi connectivity index (χ0v) is 13.9. The van der Waals surface area contributed by atoms with Crippen LogP contribution >= 0.6 is 0 Å². The van der Waals surface area contributed by atoms with Gasteiger partial charge in [-0.15, -0.1) is 0 Å². The number of hydrogen-bond donors (Lipinski definition) is 1. The highest BCUT2D eigenvalue weighted by molar-refractivity contribution is 5.57. The lowest BCUT2D eigenvalue weighted by Gasteiger charge is -1.98. The minimum absolute atomic E-state index is 0.370. The van der Waals surface area contributed by atoms with Gasteiger partial charge in [0.2, 0.25) is 0 Å². The van der Waals surface area contributed by atoms with Gasteiger partial charge in [-0.1, -0.05) is 50.3 Å². The minimum atomic E-state index is -0.671. The van der Waals surface area contributed by atoms with Crippen LogP contribution in [0.4, 0.5) is 4.39 Å². The first-order valence-electron chi connectivity index (χ1n) is 8.33. The first kappa shape index (κ1) is 17.7. The van der Waals surface area contributed by atoms with Crippen LogP contribution in [0.5, 0.6) is 5.75 Å². The van der Waals surface area contributed by atoms with Crippen LogP contribution < -0.4 is 0 Å². The van der Waals surface area contributed by atoms with Gasteiger partial charge in [-0.25, -0.2) is 9.37 Å². The number of allylic oxidation sites excluding steroid dienone is 1. The van der Waals surface area contributed by atoms with Crippen molar-refractivity contribution in [3.8, 4) is 17.6 Å². The van der Waals surface area contributed by atoms with Gasteiger partial charge >= 0.3 is 0 Å². The third-order valence-electron chi connectivity index (χ3n) is 3.63. The van der Waals surface area contributed by atoms with Crippen LogP contribution in [0.2, 0.25) is 0 Å². The van der Waals surface area contributed by atoms with E-state index < -0.39 is 5.82 Å². The molecular weight excluding hydrogens is 301 g/mol. The van der Waals surface area contributed by atoms with Crippen molar-refractivity contribution in [3.63, 3.8) is 0 Å². The molecule has 1 aromatic heterocycles. The van der Waals surface area contributed by atoms with Crippen molar-refractivity contribution in [1.29, 1.82) is 0 Å². The molecule has 1 N–H and O–H groups in total. The van der Waals surface area contributed by atoms with E-state index in [0.717, 1.165) is 12.0 Å². The summed E-state index contributed by atoms with van der Waals surface area (Å²) >= 11 is 0. The molecule has 0 aliphatic heterocycles. The van der Waals surface area contributed by atoms with E-state index in [-0.39, 0.29) is 5.75 Å². The molecule has 0 spiro atoms. The van der Waals surface area contributed by atoms with E-state index in [1.807, 2.05) is 18.2 Å². The highest BCUT2D eigenvalue weighted by Gasteiger charge is 2.00. The second kappa shape index (κ2) is 9.52. The number of hydrogen-bond acceptors (Lipinski definition) is 2. The minimum Gasteiger partial charge on any atom is -0.505 e. The Morgan fingerprint density at radius 3 is 2.83 bits per heavy atom. The number of phenolic OH excluding ortho intramolecular Hbond substituents is 1. The van der Waals surface area contributed by atoms with Gasteiger partial charge < -0.3 is 5.11 Å². The SMILES string of the molecule is CCCCCC/C=C/c1cccnc1C#Cc1ccc(O)c(F)c1. The molecule has 2 nitrogen and oxygen atoms in total. The lowest BCUT2D eigenvalue weighted by Crippen LogP contribution is -1.87. The molecule has 1 aromatic carbocycles. The van der Waals surface area contributed by atoms with E-state index in [0.29, 0.717) is 11.3 Å². The predicted octanol–water partition coefficient (Wildman–Crippen LogP) is 5.31. The summed E-state index contributed by atoms with van der Waals surface area (Å²) in [5, 5.41) is 9.20. The third kappa shape index (κ3) is 5.55. The number of halogens is 1. The number of unbranched alkanes of at least 4 members (excludes halogenated alkanes) is 4. The molecule has 2 aromatic rings. The van der Waals surface area contributed by atoms with Crippen LogP contribution in [-0.2, 0) is 0 Å². The molecule has 1 heterocycles. The maximum Gasteiger partial charge on any atom is 0.166 e. The summed E-state index contributed by atoms with van der Waals surface area (Å²) < 4.78 is 13.3. The molecule has 0 aliphatic rings.